The predicted octanol–water partition coefficient (Wildman–Crippen LogP) is 18.3. The molecule has 7 aromatic carbocycles. The molecule has 27 nitrogen and oxygen atoms in total. The monoisotopic (exact) mass is 1840 g/mol. The molecule has 0 bridgehead atoms. The second-order valence-corrected chi connectivity index (χ2v) is 38.2. The van der Waals surface area contributed by atoms with Gasteiger partial charge in [-0.1, -0.05) is 319 Å². The highest BCUT2D eigenvalue weighted by Gasteiger charge is 2.59. The minimum Gasteiger partial charge on any atom is -0.394 e. The maximum absolute atomic E-state index is 15.1. The summed E-state index contributed by atoms with van der Waals surface area (Å²) in [4.78, 5) is 29.6. The van der Waals surface area contributed by atoms with E-state index in [1.165, 1.54) is 6.92 Å². The molecule has 13 rings (SSSR count). The van der Waals surface area contributed by atoms with Gasteiger partial charge in [-0.15, -0.1) is 0 Å². The molecule has 0 radical (unpaired) electrons. The van der Waals surface area contributed by atoms with Crippen molar-refractivity contribution in [3.63, 3.8) is 0 Å². The van der Waals surface area contributed by atoms with E-state index in [-0.39, 0.29) is 115 Å². The first kappa shape index (κ1) is 102. The first-order valence-electron chi connectivity index (χ1n) is 47.7. The van der Waals surface area contributed by atoms with Gasteiger partial charge in [-0.2, -0.15) is 0 Å². The second kappa shape index (κ2) is 51.2. The Bertz CT molecular complexity index is 4570. The molecule has 5 aliphatic heterocycles. The van der Waals surface area contributed by atoms with Crippen molar-refractivity contribution >= 4 is 13.7 Å². The van der Waals surface area contributed by atoms with E-state index in [0.29, 0.717) is 12.8 Å². The molecule has 0 spiro atoms. The van der Waals surface area contributed by atoms with Crippen LogP contribution in [0.2, 0.25) is 0 Å². The van der Waals surface area contributed by atoms with Crippen molar-refractivity contribution in [1.29, 1.82) is 0 Å². The number of aliphatic hydroxyl groups excluding tert-OH is 1. The van der Waals surface area contributed by atoms with Gasteiger partial charge in [-0.3, -0.25) is 13.8 Å². The van der Waals surface area contributed by atoms with Crippen LogP contribution < -0.4 is 5.32 Å². The van der Waals surface area contributed by atoms with Crippen molar-refractivity contribution < 1.29 is 109 Å². The number of azide groups is 1. The molecule has 1 amide bonds. The fourth-order valence-electron chi connectivity index (χ4n) is 19.2. The Hall–Kier alpha value is -7.29. The molecule has 0 aromatic heterocycles. The Balaban J connectivity index is 0.864. The van der Waals surface area contributed by atoms with Gasteiger partial charge in [0.2, 0.25) is 5.91 Å². The molecule has 1 saturated carbocycles. The van der Waals surface area contributed by atoms with Gasteiger partial charge >= 0.3 is 7.82 Å². The molecular formula is C104H141N4O23P. The zero-order valence-corrected chi connectivity index (χ0v) is 79.5. The normalized spacial score (nSPS) is 33.6. The molecule has 28 heteroatoms. The van der Waals surface area contributed by atoms with Gasteiger partial charge in [0, 0.05) is 29.6 Å². The number of amides is 1. The van der Waals surface area contributed by atoms with E-state index < -0.39 is 166 Å². The van der Waals surface area contributed by atoms with E-state index in [9.17, 15) is 20.3 Å². The highest BCUT2D eigenvalue weighted by Crippen LogP contribution is 2.52. The Labute approximate surface area is 780 Å². The van der Waals surface area contributed by atoms with Gasteiger partial charge in [-0.25, -0.2) is 4.57 Å². The van der Waals surface area contributed by atoms with Gasteiger partial charge in [0.1, 0.15) is 48.8 Å². The standard InChI is InChI=1S/C104H141N4O23P/c1-13-15-16-17-39-54-121-132(111,112)131-99-94(74(11)93(116-59-79-46-31-21-32-47-79)97(118-61-81-50-35-23-36-51-81)98(99)119-62-82-52-37-24-38-53-82)129-102-89(107-108-105)73(10)92(86(126-102)64-114-57-77-42-27-19-28-43-77)127-100-71(8)70(7)91(128-101-88(106-75(12)110)72(9)90(115-58-78-44-29-20-30-45-78)85(125-101)63-113-56-76-40-25-18-26-41-76)87(124-100)65-120-103-96(69(6)66(3)83(14-2)122-103)130-104-95(68(5)67(4)84(55-109)123-104)117-60-80-48-33-22-34-49-80/h18-38,40-53,66-74,83-104,109H,13-17,39,54-65H2,1-12H3,(H,106,110)(H,111,112)/t66-,67-,68-,69-,70+,71?,72+,73+,74?,83?,84?,85?,86?,87?,88?,89?,90+,91-,92-,93?,94+,95?,96?,97+,98?,99-,100+,101-,102+,103-,104+/m0/s1. The van der Waals surface area contributed by atoms with Gasteiger partial charge in [-0.05, 0) is 92.8 Å². The van der Waals surface area contributed by atoms with Crippen LogP contribution in [0.4, 0.5) is 0 Å². The third-order valence-electron chi connectivity index (χ3n) is 27.6. The summed E-state index contributed by atoms with van der Waals surface area (Å²) < 4.78 is 150. The number of rotatable bonds is 47. The summed E-state index contributed by atoms with van der Waals surface area (Å²) >= 11 is 0. The number of benzene rings is 7. The van der Waals surface area contributed by atoms with Crippen LogP contribution in [0.3, 0.4) is 0 Å². The van der Waals surface area contributed by atoms with E-state index in [4.69, 9.17) is 89.6 Å². The van der Waals surface area contributed by atoms with Crippen molar-refractivity contribution in [1.82, 2.24) is 5.32 Å². The van der Waals surface area contributed by atoms with E-state index in [1.807, 2.05) is 240 Å². The summed E-state index contributed by atoms with van der Waals surface area (Å²) in [5, 5.41) is 18.7. The van der Waals surface area contributed by atoms with Gasteiger partial charge < -0.3 is 95.8 Å². The number of hydrogen-bond acceptors (Lipinski definition) is 23. The van der Waals surface area contributed by atoms with Crippen LogP contribution in [0.25, 0.3) is 10.4 Å². The summed E-state index contributed by atoms with van der Waals surface area (Å²) in [5.41, 5.74) is 17.3. The number of hydrogen-bond donors (Lipinski definition) is 3. The zero-order chi connectivity index (χ0) is 93.0. The Morgan fingerprint density at radius 1 is 0.379 bits per heavy atom. The number of ether oxygens (including phenoxy) is 17. The highest BCUT2D eigenvalue weighted by atomic mass is 31.2. The Morgan fingerprint density at radius 3 is 1.26 bits per heavy atom. The smallest absolute Gasteiger partial charge is 0.394 e. The lowest BCUT2D eigenvalue weighted by atomic mass is 9.78. The van der Waals surface area contributed by atoms with Crippen molar-refractivity contribution in [2.45, 2.75) is 303 Å². The van der Waals surface area contributed by atoms with Crippen LogP contribution >= 0.6 is 7.82 Å². The molecule has 14 unspecified atom stereocenters. The lowest BCUT2D eigenvalue weighted by Gasteiger charge is -2.53. The van der Waals surface area contributed by atoms with Gasteiger partial charge in [0.15, 0.2) is 31.5 Å². The fourth-order valence-corrected chi connectivity index (χ4v) is 20.2. The molecular weight excluding hydrogens is 1700 g/mol. The van der Waals surface area contributed by atoms with E-state index in [1.54, 1.807) is 0 Å². The van der Waals surface area contributed by atoms with Crippen LogP contribution in [0.15, 0.2) is 217 Å². The number of aliphatic hydroxyl groups is 1. The van der Waals surface area contributed by atoms with Crippen molar-refractivity contribution in [3.8, 4) is 0 Å². The van der Waals surface area contributed by atoms with Crippen molar-refractivity contribution in [2.75, 3.05) is 33.0 Å². The first-order valence-corrected chi connectivity index (χ1v) is 49.2. The molecule has 132 heavy (non-hydrogen) atoms. The van der Waals surface area contributed by atoms with Crippen LogP contribution in [-0.4, -0.2) is 184 Å². The number of phosphoric ester groups is 1. The zero-order valence-electron chi connectivity index (χ0n) is 78.6. The number of unbranched alkanes of at least 4 members (excludes halogenated alkanes) is 4. The lowest BCUT2D eigenvalue weighted by molar-refractivity contribution is -0.370. The highest BCUT2D eigenvalue weighted by molar-refractivity contribution is 7.47. The number of nitrogens with one attached hydrogen (secondary N) is 1. The summed E-state index contributed by atoms with van der Waals surface area (Å²) in [6.45, 7) is 24.8. The minimum absolute atomic E-state index is 0.00576. The van der Waals surface area contributed by atoms with E-state index in [0.717, 1.165) is 64.6 Å². The summed E-state index contributed by atoms with van der Waals surface area (Å²) in [5.74, 6) is -3.79. The predicted molar refractivity (Wildman–Crippen MR) is 496 cm³/mol. The van der Waals surface area contributed by atoms with Crippen molar-refractivity contribution in [3.05, 3.63) is 262 Å². The topological polar surface area (TPSA) is 311 Å². The molecule has 32 atom stereocenters. The second-order valence-electron chi connectivity index (χ2n) is 36.8. The first-order chi connectivity index (χ1) is 64.1. The SMILES string of the molecule is CCCCCCCOP(=O)(O)O[C@@H]1C(OCc2ccccc2)[C@H](OCc2ccccc2)C(OCc2ccccc2)C(C)[C@H]1O[C@H]1OC(COCc2ccccc2)[C@@H](O[C@H]2OC(CO[C@H]3OC(CC)[C@@H](C)[C@H](C)C3O[C@H]3OC(CO)[C@@H](C)[C@H](C)C3OCc3ccccc3)[C@@H](O[C@@H]3OC(COCc4ccccc4)[C@H](OCc4ccccc4)[C@H](C)C3NC(C)=O)[C@H](C)C2C)[C@H](C)C1N=[N+]=[N-]. The largest absolute Gasteiger partial charge is 0.472 e. The molecule has 1 aliphatic carbocycles. The van der Waals surface area contributed by atoms with E-state index >= 15 is 4.57 Å². The molecule has 5 saturated heterocycles. The third-order valence-corrected chi connectivity index (χ3v) is 28.6. The Kier molecular flexibility index (Phi) is 39.6. The summed E-state index contributed by atoms with van der Waals surface area (Å²) in [6, 6.07) is 66.5. The number of carbonyl (C=O) groups is 1. The molecule has 5 heterocycles. The molecule has 6 fully saturated rings. The quantitative estimate of drug-likeness (QED) is 0.0105. The fraction of sp³-hybridized carbons (Fsp3) is 0.587. The lowest BCUT2D eigenvalue weighted by Crippen LogP contribution is -2.66. The van der Waals surface area contributed by atoms with E-state index in [2.05, 4.69) is 63.8 Å². The Morgan fingerprint density at radius 2 is 0.765 bits per heavy atom. The maximum atomic E-state index is 15.1. The van der Waals surface area contributed by atoms with Crippen LogP contribution in [0.5, 0.6) is 0 Å². The number of phosphoric acid groups is 1. The minimum atomic E-state index is -5.03. The van der Waals surface area contributed by atoms with Crippen LogP contribution in [0, 0.1) is 53.3 Å². The number of carbonyl (C=O) groups excluding carboxylic acids is 1. The van der Waals surface area contributed by atoms with Crippen LogP contribution in [0.1, 0.15) is 161 Å². The third kappa shape index (κ3) is 27.8. The van der Waals surface area contributed by atoms with Crippen LogP contribution in [-0.2, 0) is 145 Å². The molecule has 3 N–H and O–H groups in total. The van der Waals surface area contributed by atoms with Gasteiger partial charge in [0.05, 0.1) is 134 Å². The average molecular weight is 1850 g/mol. The van der Waals surface area contributed by atoms with Gasteiger partial charge in [0.25, 0.3) is 0 Å². The average Bonchev–Trinajstić information content (AvgIpc) is 0.752. The summed E-state index contributed by atoms with van der Waals surface area (Å²) in [7, 11) is -5.03. The molecule has 720 valence electrons. The number of nitrogens with zero attached hydrogens (tertiary/aromatic N) is 3. The maximum Gasteiger partial charge on any atom is 0.472 e. The van der Waals surface area contributed by atoms with Crippen molar-refractivity contribution in [2.24, 2.45) is 58.4 Å². The molecule has 7 aromatic rings. The summed E-state index contributed by atoms with van der Waals surface area (Å²) in [6.07, 6.45) is -14.2. The molecule has 6 aliphatic rings.